The molecule has 0 aromatic heterocycles. The zero-order valence-electron chi connectivity index (χ0n) is 8.36. The van der Waals surface area contributed by atoms with E-state index in [-0.39, 0.29) is 24.6 Å². The van der Waals surface area contributed by atoms with Gasteiger partial charge < -0.3 is 0 Å². The number of rotatable bonds is 8. The second kappa shape index (κ2) is 10.9. The summed E-state index contributed by atoms with van der Waals surface area (Å²) in [5.41, 5.74) is 0. The van der Waals surface area contributed by atoms with Crippen LogP contribution < -0.4 is 0 Å². The average Bonchev–Trinajstić information content (AvgIpc) is 2.03. The molecule has 11 heavy (non-hydrogen) atoms. The first kappa shape index (κ1) is 11.9. The van der Waals surface area contributed by atoms with Gasteiger partial charge in [0.1, 0.15) is 0 Å². The zero-order valence-corrected chi connectivity index (χ0v) is 13.9. The van der Waals surface area contributed by atoms with E-state index in [1.165, 1.54) is 25.7 Å². The van der Waals surface area contributed by atoms with Crippen LogP contribution in [0.4, 0.5) is 0 Å². The Morgan fingerprint density at radius 2 is 1.18 bits per heavy atom. The third-order valence-corrected chi connectivity index (χ3v) is 9.98. The molecule has 0 aliphatic rings. The first-order chi connectivity index (χ1) is 5.41. The summed E-state index contributed by atoms with van der Waals surface area (Å²) in [6, 6.07) is 0. The summed E-state index contributed by atoms with van der Waals surface area (Å²) < 4.78 is 3.38. The maximum atomic E-state index is 2.30. The molecule has 0 heterocycles. The Kier molecular flexibility index (Phi) is 11.9. The molecule has 0 aliphatic carbocycles. The van der Waals surface area contributed by atoms with Gasteiger partial charge in [-0.15, -0.1) is 0 Å². The maximum absolute atomic E-state index is 2.30. The van der Waals surface area contributed by atoms with Crippen molar-refractivity contribution in [3.63, 3.8) is 0 Å². The molecule has 0 aromatic carbocycles. The van der Waals surface area contributed by atoms with Gasteiger partial charge in [0.2, 0.25) is 0 Å². The van der Waals surface area contributed by atoms with E-state index in [2.05, 4.69) is 13.8 Å². The molecular formula is C10H22Hg. The Morgan fingerprint density at radius 3 is 1.55 bits per heavy atom. The summed E-state index contributed by atoms with van der Waals surface area (Å²) in [6.45, 7) is 4.60. The topological polar surface area (TPSA) is 0 Å². The van der Waals surface area contributed by atoms with Gasteiger partial charge in [0.05, 0.1) is 0 Å². The normalized spacial score (nSPS) is 9.64. The SMILES string of the molecule is CCCC[CH2][Hg][CH2]CCCC. The summed E-state index contributed by atoms with van der Waals surface area (Å²) in [7, 11) is 0. The predicted molar refractivity (Wildman–Crippen MR) is 48.7 cm³/mol. The first-order valence-electron chi connectivity index (χ1n) is 5.41. The first-order valence-corrected chi connectivity index (χ1v) is 13.2. The van der Waals surface area contributed by atoms with Crippen molar-refractivity contribution in [1.29, 1.82) is 0 Å². The van der Waals surface area contributed by atoms with Crippen molar-refractivity contribution < 1.29 is 24.6 Å². The monoisotopic (exact) mass is 344 g/mol. The van der Waals surface area contributed by atoms with Gasteiger partial charge in [-0.2, -0.15) is 0 Å². The van der Waals surface area contributed by atoms with Crippen molar-refractivity contribution in [3.8, 4) is 0 Å². The second-order valence-corrected chi connectivity index (χ2v) is 11.7. The van der Waals surface area contributed by atoms with Gasteiger partial charge in [-0.05, 0) is 0 Å². The van der Waals surface area contributed by atoms with Gasteiger partial charge in [-0.25, -0.2) is 0 Å². The van der Waals surface area contributed by atoms with E-state index in [0.717, 1.165) is 0 Å². The van der Waals surface area contributed by atoms with Crippen molar-refractivity contribution in [1.82, 2.24) is 0 Å². The molecule has 0 bridgehead atoms. The predicted octanol–water partition coefficient (Wildman–Crippen LogP) is 4.29. The van der Waals surface area contributed by atoms with Gasteiger partial charge in [0.25, 0.3) is 0 Å². The molecule has 0 atom stereocenters. The molecule has 0 spiro atoms. The molecule has 0 unspecified atom stereocenters. The van der Waals surface area contributed by atoms with Crippen LogP contribution in [0.25, 0.3) is 0 Å². The second-order valence-electron chi connectivity index (χ2n) is 3.47. The fourth-order valence-corrected chi connectivity index (χ4v) is 8.26. The van der Waals surface area contributed by atoms with Crippen LogP contribution in [0.3, 0.4) is 0 Å². The molecule has 0 saturated heterocycles. The van der Waals surface area contributed by atoms with E-state index >= 15 is 0 Å². The molecule has 0 nitrogen and oxygen atoms in total. The summed E-state index contributed by atoms with van der Waals surface area (Å²) in [5.74, 6) is 0. The summed E-state index contributed by atoms with van der Waals surface area (Å²) in [4.78, 5) is 0. The third kappa shape index (κ3) is 10.9. The van der Waals surface area contributed by atoms with E-state index in [1.54, 1.807) is 20.7 Å². The molecular weight excluding hydrogens is 321 g/mol. The molecule has 0 radical (unpaired) electrons. The van der Waals surface area contributed by atoms with Crippen LogP contribution in [0.15, 0.2) is 0 Å². The molecule has 0 aliphatic heterocycles. The molecule has 0 aromatic rings. The third-order valence-electron chi connectivity index (χ3n) is 2.21. The van der Waals surface area contributed by atoms with Gasteiger partial charge >= 0.3 is 84.8 Å². The molecule has 0 N–H and O–H groups in total. The minimum atomic E-state index is -0.290. The van der Waals surface area contributed by atoms with Gasteiger partial charge in [-0.1, -0.05) is 0 Å². The van der Waals surface area contributed by atoms with Crippen molar-refractivity contribution in [3.05, 3.63) is 0 Å². The van der Waals surface area contributed by atoms with Crippen LogP contribution in [0.2, 0.25) is 7.86 Å². The quantitative estimate of drug-likeness (QED) is 0.456. The van der Waals surface area contributed by atoms with Crippen LogP contribution in [0.5, 0.6) is 0 Å². The fraction of sp³-hybridized carbons (Fsp3) is 1.00. The van der Waals surface area contributed by atoms with Gasteiger partial charge in [0, 0.05) is 0 Å². The Bertz CT molecular complexity index is 53.9. The van der Waals surface area contributed by atoms with E-state index in [1.807, 2.05) is 0 Å². The van der Waals surface area contributed by atoms with Crippen LogP contribution >= 0.6 is 0 Å². The molecule has 0 saturated carbocycles. The van der Waals surface area contributed by atoms with E-state index in [4.69, 9.17) is 0 Å². The van der Waals surface area contributed by atoms with Crippen LogP contribution in [0, 0.1) is 0 Å². The summed E-state index contributed by atoms with van der Waals surface area (Å²) >= 11 is -0.290. The van der Waals surface area contributed by atoms with E-state index in [9.17, 15) is 0 Å². The van der Waals surface area contributed by atoms with Crippen molar-refractivity contribution >= 4 is 0 Å². The molecule has 0 fully saturated rings. The van der Waals surface area contributed by atoms with Crippen molar-refractivity contribution in [2.45, 2.75) is 60.2 Å². The van der Waals surface area contributed by atoms with E-state index in [0.29, 0.717) is 0 Å². The van der Waals surface area contributed by atoms with Crippen LogP contribution in [-0.4, -0.2) is 0 Å². The van der Waals surface area contributed by atoms with Crippen molar-refractivity contribution in [2.75, 3.05) is 0 Å². The average molecular weight is 343 g/mol. The van der Waals surface area contributed by atoms with Gasteiger partial charge in [0.15, 0.2) is 0 Å². The van der Waals surface area contributed by atoms with Crippen LogP contribution in [0.1, 0.15) is 52.4 Å². The Labute approximate surface area is 84.6 Å². The van der Waals surface area contributed by atoms with Crippen LogP contribution in [-0.2, 0) is 24.6 Å². The summed E-state index contributed by atoms with van der Waals surface area (Å²) in [6.07, 6.45) is 8.92. The fourth-order valence-electron chi connectivity index (χ4n) is 1.38. The Balaban J connectivity index is 2.69. The molecule has 64 valence electrons. The van der Waals surface area contributed by atoms with E-state index < -0.39 is 0 Å². The number of hydrogen-bond donors (Lipinski definition) is 0. The Morgan fingerprint density at radius 1 is 0.727 bits per heavy atom. The minimum absolute atomic E-state index is 0.290. The number of unbranched alkanes of at least 4 members (excludes halogenated alkanes) is 4. The molecule has 0 rings (SSSR count). The summed E-state index contributed by atoms with van der Waals surface area (Å²) in [5, 5.41) is 0. The zero-order chi connectivity index (χ0) is 8.36. The number of hydrogen-bond acceptors (Lipinski definition) is 0. The Hall–Kier alpha value is 0.935. The standard InChI is InChI=1S/2C5H11.Hg/c2*1-3-5-4-2;/h2*1,3-5H2,2H3;. The van der Waals surface area contributed by atoms with Crippen molar-refractivity contribution in [2.24, 2.45) is 0 Å². The van der Waals surface area contributed by atoms with Gasteiger partial charge in [-0.3, -0.25) is 0 Å². The molecule has 1 heteroatoms. The molecule has 0 amide bonds.